The van der Waals surface area contributed by atoms with E-state index in [0.717, 1.165) is 16.6 Å². The highest BCUT2D eigenvalue weighted by atomic mass is 32.1. The number of thiophene rings is 1. The van der Waals surface area contributed by atoms with Crippen molar-refractivity contribution in [3.8, 4) is 0 Å². The number of amides is 1. The number of para-hydroxylation sites is 1. The number of nitrogens with two attached hydrogens (primary N) is 1. The average molecular weight is 355 g/mol. The van der Waals surface area contributed by atoms with E-state index in [4.69, 9.17) is 10.5 Å². The third-order valence-corrected chi connectivity index (χ3v) is 4.68. The molecule has 0 saturated heterocycles. The number of carbonyl (C=O) groups excluding carboxylic acids is 2. The maximum Gasteiger partial charge on any atom is 0.351 e. The van der Waals surface area contributed by atoms with Crippen LogP contribution in [0.15, 0.2) is 36.4 Å². The van der Waals surface area contributed by atoms with E-state index in [1.54, 1.807) is 24.3 Å². The van der Waals surface area contributed by atoms with Crippen molar-refractivity contribution in [3.05, 3.63) is 52.5 Å². The van der Waals surface area contributed by atoms with Crippen molar-refractivity contribution < 1.29 is 14.3 Å². The van der Waals surface area contributed by atoms with Gasteiger partial charge in [-0.15, -0.1) is 11.3 Å². The van der Waals surface area contributed by atoms with Gasteiger partial charge in [0.2, 0.25) is 0 Å². The zero-order valence-corrected chi connectivity index (χ0v) is 14.6. The molecule has 0 fully saturated rings. The first kappa shape index (κ1) is 16.9. The van der Waals surface area contributed by atoms with Gasteiger partial charge < -0.3 is 15.8 Å². The summed E-state index contributed by atoms with van der Waals surface area (Å²) in [6, 6.07) is 10.9. The van der Waals surface area contributed by atoms with Crippen LogP contribution in [0, 0.1) is 13.8 Å². The molecule has 128 valence electrons. The maximum atomic E-state index is 12.3. The SMILES string of the molecule is Cc1cc(C)c2c(N)c(C(=O)OCC(=O)Nc3ccccc3)sc2n1. The molecule has 0 atom stereocenters. The van der Waals surface area contributed by atoms with Crippen molar-refractivity contribution in [2.45, 2.75) is 13.8 Å². The maximum absolute atomic E-state index is 12.3. The lowest BCUT2D eigenvalue weighted by molar-refractivity contribution is -0.119. The lowest BCUT2D eigenvalue weighted by Crippen LogP contribution is -2.20. The van der Waals surface area contributed by atoms with E-state index in [1.807, 2.05) is 26.0 Å². The second-order valence-electron chi connectivity index (χ2n) is 5.60. The Labute approximate surface area is 148 Å². The lowest BCUT2D eigenvalue weighted by atomic mass is 10.1. The van der Waals surface area contributed by atoms with Gasteiger partial charge >= 0.3 is 5.97 Å². The zero-order chi connectivity index (χ0) is 18.0. The number of hydrogen-bond acceptors (Lipinski definition) is 6. The molecule has 0 radical (unpaired) electrons. The number of anilines is 2. The highest BCUT2D eigenvalue weighted by molar-refractivity contribution is 7.21. The highest BCUT2D eigenvalue weighted by Crippen LogP contribution is 2.35. The average Bonchev–Trinajstić information content (AvgIpc) is 2.90. The second-order valence-corrected chi connectivity index (χ2v) is 6.59. The quantitative estimate of drug-likeness (QED) is 0.700. The van der Waals surface area contributed by atoms with Gasteiger partial charge in [0.05, 0.1) is 5.69 Å². The molecule has 7 heteroatoms. The fraction of sp³-hybridized carbons (Fsp3) is 0.167. The van der Waals surface area contributed by atoms with Gasteiger partial charge in [0, 0.05) is 16.8 Å². The number of rotatable bonds is 4. The van der Waals surface area contributed by atoms with Crippen LogP contribution in [-0.4, -0.2) is 23.5 Å². The summed E-state index contributed by atoms with van der Waals surface area (Å²) in [6.07, 6.45) is 0. The Balaban J connectivity index is 1.71. The molecule has 3 rings (SSSR count). The Morgan fingerprint density at radius 2 is 1.96 bits per heavy atom. The minimum atomic E-state index is -0.624. The zero-order valence-electron chi connectivity index (χ0n) is 13.8. The van der Waals surface area contributed by atoms with E-state index in [-0.39, 0.29) is 11.5 Å². The monoisotopic (exact) mass is 355 g/mol. The van der Waals surface area contributed by atoms with Crippen molar-refractivity contribution in [1.29, 1.82) is 0 Å². The minimum Gasteiger partial charge on any atom is -0.451 e. The Hall–Kier alpha value is -2.93. The molecule has 3 aromatic rings. The molecule has 0 spiro atoms. The topological polar surface area (TPSA) is 94.3 Å². The summed E-state index contributed by atoms with van der Waals surface area (Å²) in [5.41, 5.74) is 8.89. The molecule has 0 saturated carbocycles. The number of hydrogen-bond donors (Lipinski definition) is 2. The summed E-state index contributed by atoms with van der Waals surface area (Å²) >= 11 is 1.17. The number of esters is 1. The summed E-state index contributed by atoms with van der Waals surface area (Å²) in [5, 5.41) is 3.41. The number of aryl methyl sites for hydroxylation is 2. The van der Waals surface area contributed by atoms with Crippen LogP contribution in [0.25, 0.3) is 10.2 Å². The fourth-order valence-corrected chi connectivity index (χ4v) is 3.65. The minimum absolute atomic E-state index is 0.267. The number of fused-ring (bicyclic) bond motifs is 1. The van der Waals surface area contributed by atoms with Crippen molar-refractivity contribution in [2.75, 3.05) is 17.7 Å². The summed E-state index contributed by atoms with van der Waals surface area (Å²) < 4.78 is 5.09. The van der Waals surface area contributed by atoms with Crippen LogP contribution in [0.5, 0.6) is 0 Å². The van der Waals surface area contributed by atoms with E-state index in [1.165, 1.54) is 11.3 Å². The number of ether oxygens (including phenoxy) is 1. The van der Waals surface area contributed by atoms with Crippen LogP contribution in [0.1, 0.15) is 20.9 Å². The third kappa shape index (κ3) is 3.61. The summed E-state index contributed by atoms with van der Waals surface area (Å²) in [4.78, 5) is 29.5. The van der Waals surface area contributed by atoms with Gasteiger partial charge in [-0.3, -0.25) is 4.79 Å². The largest absolute Gasteiger partial charge is 0.451 e. The van der Waals surface area contributed by atoms with Gasteiger partial charge in [-0.05, 0) is 37.6 Å². The first-order valence-electron chi connectivity index (χ1n) is 7.64. The van der Waals surface area contributed by atoms with Gasteiger partial charge in [0.1, 0.15) is 9.71 Å². The molecule has 0 aliphatic carbocycles. The van der Waals surface area contributed by atoms with Crippen molar-refractivity contribution >= 4 is 44.8 Å². The number of carbonyl (C=O) groups is 2. The van der Waals surface area contributed by atoms with Crippen LogP contribution in [0.3, 0.4) is 0 Å². The number of nitrogen functional groups attached to an aromatic ring is 1. The predicted molar refractivity (Wildman–Crippen MR) is 98.9 cm³/mol. The van der Waals surface area contributed by atoms with E-state index in [0.29, 0.717) is 16.2 Å². The molecule has 6 nitrogen and oxygen atoms in total. The fourth-order valence-electron chi connectivity index (χ4n) is 2.54. The van der Waals surface area contributed by atoms with Crippen LogP contribution in [-0.2, 0) is 9.53 Å². The van der Waals surface area contributed by atoms with Crippen LogP contribution in [0.2, 0.25) is 0 Å². The number of pyridine rings is 1. The van der Waals surface area contributed by atoms with E-state index < -0.39 is 11.9 Å². The Kier molecular flexibility index (Phi) is 4.67. The van der Waals surface area contributed by atoms with E-state index in [2.05, 4.69) is 10.3 Å². The molecular formula is C18H17N3O3S. The number of benzene rings is 1. The van der Waals surface area contributed by atoms with Crippen molar-refractivity contribution in [1.82, 2.24) is 4.98 Å². The molecular weight excluding hydrogens is 338 g/mol. The molecule has 2 aromatic heterocycles. The summed E-state index contributed by atoms with van der Waals surface area (Å²) in [7, 11) is 0. The second kappa shape index (κ2) is 6.90. The van der Waals surface area contributed by atoms with E-state index >= 15 is 0 Å². The van der Waals surface area contributed by atoms with Gasteiger partial charge in [-0.25, -0.2) is 9.78 Å². The molecule has 0 aliphatic rings. The van der Waals surface area contributed by atoms with Crippen LogP contribution in [0.4, 0.5) is 11.4 Å². The number of aromatic nitrogens is 1. The molecule has 1 amide bonds. The first-order valence-corrected chi connectivity index (χ1v) is 8.45. The van der Waals surface area contributed by atoms with Gasteiger partial charge in [-0.1, -0.05) is 18.2 Å². The molecule has 1 aromatic carbocycles. The standard InChI is InChI=1S/C18H17N3O3S/c1-10-8-11(2)20-17-14(10)15(19)16(25-17)18(23)24-9-13(22)21-12-6-4-3-5-7-12/h3-8H,9,19H2,1-2H3,(H,21,22). The molecule has 0 aliphatic heterocycles. The first-order chi connectivity index (χ1) is 12.0. The molecule has 2 heterocycles. The molecule has 0 bridgehead atoms. The van der Waals surface area contributed by atoms with Crippen LogP contribution >= 0.6 is 11.3 Å². The molecule has 25 heavy (non-hydrogen) atoms. The van der Waals surface area contributed by atoms with Gasteiger partial charge in [-0.2, -0.15) is 0 Å². The lowest BCUT2D eigenvalue weighted by Gasteiger charge is -2.06. The summed E-state index contributed by atoms with van der Waals surface area (Å²) in [6.45, 7) is 3.42. The smallest absolute Gasteiger partial charge is 0.351 e. The number of nitrogens with one attached hydrogen (secondary N) is 1. The predicted octanol–water partition coefficient (Wildman–Crippen LogP) is 3.29. The number of nitrogens with zero attached hydrogens (tertiary/aromatic N) is 1. The van der Waals surface area contributed by atoms with Crippen LogP contribution < -0.4 is 11.1 Å². The molecule has 0 unspecified atom stereocenters. The van der Waals surface area contributed by atoms with Gasteiger partial charge in [0.15, 0.2) is 6.61 Å². The van der Waals surface area contributed by atoms with Crippen molar-refractivity contribution in [3.63, 3.8) is 0 Å². The van der Waals surface area contributed by atoms with E-state index in [9.17, 15) is 9.59 Å². The normalized spacial score (nSPS) is 10.6. The third-order valence-electron chi connectivity index (χ3n) is 3.60. The Morgan fingerprint density at radius 1 is 1.24 bits per heavy atom. The van der Waals surface area contributed by atoms with Crippen molar-refractivity contribution in [2.24, 2.45) is 0 Å². The van der Waals surface area contributed by atoms with Gasteiger partial charge in [0.25, 0.3) is 5.91 Å². The Morgan fingerprint density at radius 3 is 2.68 bits per heavy atom. The Bertz CT molecular complexity index is 951. The molecule has 3 N–H and O–H groups in total. The summed E-state index contributed by atoms with van der Waals surface area (Å²) in [5.74, 6) is -1.04. The highest BCUT2D eigenvalue weighted by Gasteiger charge is 2.21.